The number of hydrogen-bond acceptors (Lipinski definition) is 3. The van der Waals surface area contributed by atoms with E-state index < -0.39 is 11.7 Å². The van der Waals surface area contributed by atoms with Crippen LogP contribution in [-0.4, -0.2) is 28.4 Å². The zero-order valence-electron chi connectivity index (χ0n) is 14.5. The van der Waals surface area contributed by atoms with Crippen LogP contribution in [0.15, 0.2) is 42.0 Å². The van der Waals surface area contributed by atoms with Crippen molar-refractivity contribution < 1.29 is 10.2 Å². The number of benzene rings is 1. The molecule has 0 heterocycles. The van der Waals surface area contributed by atoms with Crippen LogP contribution < -0.4 is 5.32 Å². The summed E-state index contributed by atoms with van der Waals surface area (Å²) < 4.78 is 0. The van der Waals surface area contributed by atoms with Crippen molar-refractivity contribution in [2.75, 3.05) is 6.54 Å². The number of hydrogen-bond donors (Lipinski definition) is 3. The first-order valence-electron chi connectivity index (χ1n) is 8.95. The van der Waals surface area contributed by atoms with Gasteiger partial charge in [0, 0.05) is 6.04 Å². The first-order chi connectivity index (χ1) is 11.1. The lowest BCUT2D eigenvalue weighted by atomic mass is 9.81. The quantitative estimate of drug-likeness (QED) is 0.640. The van der Waals surface area contributed by atoms with Crippen LogP contribution in [0.5, 0.6) is 0 Å². The molecule has 3 atom stereocenters. The van der Waals surface area contributed by atoms with E-state index in [1.807, 2.05) is 37.3 Å². The molecule has 3 heteroatoms. The van der Waals surface area contributed by atoms with E-state index in [4.69, 9.17) is 0 Å². The molecule has 0 amide bonds. The Morgan fingerprint density at radius 1 is 1.22 bits per heavy atom. The lowest BCUT2D eigenvalue weighted by Gasteiger charge is -2.33. The van der Waals surface area contributed by atoms with Gasteiger partial charge in [0.1, 0.15) is 0 Å². The Bertz CT molecular complexity index is 500. The molecule has 1 aliphatic rings. The minimum Gasteiger partial charge on any atom is -0.387 e. The number of rotatable bonds is 8. The second-order valence-electron chi connectivity index (χ2n) is 6.71. The van der Waals surface area contributed by atoms with Crippen molar-refractivity contribution in [1.82, 2.24) is 5.32 Å². The monoisotopic (exact) mass is 317 g/mol. The third-order valence-electron chi connectivity index (χ3n) is 5.09. The second-order valence-corrected chi connectivity index (χ2v) is 6.71. The molecule has 0 saturated heterocycles. The molecule has 128 valence electrons. The number of aliphatic hydroxyl groups is 2. The van der Waals surface area contributed by atoms with E-state index in [1.165, 1.54) is 18.4 Å². The van der Waals surface area contributed by atoms with Crippen molar-refractivity contribution in [2.24, 2.45) is 0 Å². The zero-order chi connectivity index (χ0) is 16.7. The van der Waals surface area contributed by atoms with Crippen molar-refractivity contribution in [1.29, 1.82) is 0 Å². The van der Waals surface area contributed by atoms with Gasteiger partial charge >= 0.3 is 0 Å². The van der Waals surface area contributed by atoms with Crippen LogP contribution in [0, 0.1) is 0 Å². The molecule has 1 aromatic rings. The fourth-order valence-corrected chi connectivity index (χ4v) is 3.38. The van der Waals surface area contributed by atoms with E-state index >= 15 is 0 Å². The maximum Gasteiger partial charge on any atom is 0.0940 e. The van der Waals surface area contributed by atoms with Crippen LogP contribution in [0.25, 0.3) is 0 Å². The molecule has 2 rings (SSSR count). The smallest absolute Gasteiger partial charge is 0.0940 e. The highest BCUT2D eigenvalue weighted by molar-refractivity contribution is 5.19. The molecule has 0 saturated carbocycles. The Hall–Kier alpha value is -1.16. The molecule has 0 aliphatic heterocycles. The Balaban J connectivity index is 1.86. The highest BCUT2D eigenvalue weighted by atomic mass is 16.3. The fourth-order valence-electron chi connectivity index (χ4n) is 3.38. The van der Waals surface area contributed by atoms with Crippen molar-refractivity contribution in [2.45, 2.75) is 70.1 Å². The normalized spacial score (nSPS) is 20.4. The topological polar surface area (TPSA) is 52.5 Å². The summed E-state index contributed by atoms with van der Waals surface area (Å²) in [6, 6.07) is 9.68. The van der Waals surface area contributed by atoms with Gasteiger partial charge in [-0.2, -0.15) is 0 Å². The van der Waals surface area contributed by atoms with Gasteiger partial charge in [-0.15, -0.1) is 0 Å². The minimum atomic E-state index is -0.690. The van der Waals surface area contributed by atoms with Crippen LogP contribution in [0.1, 0.15) is 64.0 Å². The Morgan fingerprint density at radius 3 is 2.57 bits per heavy atom. The summed E-state index contributed by atoms with van der Waals surface area (Å²) in [6.45, 7) is 4.74. The van der Waals surface area contributed by atoms with Crippen molar-refractivity contribution in [3.05, 3.63) is 47.5 Å². The van der Waals surface area contributed by atoms with Crippen molar-refractivity contribution in [3.8, 4) is 0 Å². The number of allylic oxidation sites excluding steroid dienone is 1. The van der Waals surface area contributed by atoms with E-state index in [0.717, 1.165) is 24.8 Å². The van der Waals surface area contributed by atoms with Crippen LogP contribution in [0.4, 0.5) is 0 Å². The van der Waals surface area contributed by atoms with E-state index in [1.54, 1.807) is 0 Å². The largest absolute Gasteiger partial charge is 0.387 e. The minimum absolute atomic E-state index is 0.0427. The number of nitrogens with one attached hydrogen (secondary N) is 1. The molecule has 0 radical (unpaired) electrons. The zero-order valence-corrected chi connectivity index (χ0v) is 14.5. The summed E-state index contributed by atoms with van der Waals surface area (Å²) in [5, 5.41) is 24.7. The Kier molecular flexibility index (Phi) is 6.82. The standard InChI is InChI=1S/C20H31NO2/c1-3-20(23,18-12-8-5-9-13-18)14-15-21-16(2)19(22)17-10-6-4-7-11-17/h4,6-7,10-12,16,19,21-23H,3,5,8-9,13-15H2,1-2H3. The molecule has 0 spiro atoms. The third-order valence-corrected chi connectivity index (χ3v) is 5.09. The average molecular weight is 317 g/mol. The predicted molar refractivity (Wildman–Crippen MR) is 95.3 cm³/mol. The molecule has 0 fully saturated rings. The first-order valence-corrected chi connectivity index (χ1v) is 8.95. The molecule has 0 aromatic heterocycles. The van der Waals surface area contributed by atoms with Gasteiger partial charge in [0.05, 0.1) is 11.7 Å². The Labute approximate surface area is 140 Å². The maximum absolute atomic E-state index is 10.9. The summed E-state index contributed by atoms with van der Waals surface area (Å²) >= 11 is 0. The van der Waals surface area contributed by atoms with Gasteiger partial charge in [0.15, 0.2) is 0 Å². The lowest BCUT2D eigenvalue weighted by molar-refractivity contribution is 0.0561. The van der Waals surface area contributed by atoms with Crippen LogP contribution in [0.2, 0.25) is 0 Å². The van der Waals surface area contributed by atoms with E-state index in [2.05, 4.69) is 18.3 Å². The van der Waals surface area contributed by atoms with Gasteiger partial charge < -0.3 is 15.5 Å². The lowest BCUT2D eigenvalue weighted by Crippen LogP contribution is -2.39. The third kappa shape index (κ3) is 4.90. The van der Waals surface area contributed by atoms with E-state index in [9.17, 15) is 10.2 Å². The fraction of sp³-hybridized carbons (Fsp3) is 0.600. The maximum atomic E-state index is 10.9. The molecular formula is C20H31NO2. The van der Waals surface area contributed by atoms with E-state index in [0.29, 0.717) is 13.0 Å². The van der Waals surface area contributed by atoms with Gasteiger partial charge in [-0.1, -0.05) is 43.3 Å². The molecule has 1 aliphatic carbocycles. The molecule has 1 aromatic carbocycles. The van der Waals surface area contributed by atoms with Gasteiger partial charge in [0.25, 0.3) is 0 Å². The van der Waals surface area contributed by atoms with Gasteiger partial charge in [-0.25, -0.2) is 0 Å². The van der Waals surface area contributed by atoms with Crippen molar-refractivity contribution >= 4 is 0 Å². The summed E-state index contributed by atoms with van der Waals surface area (Å²) in [4.78, 5) is 0. The summed E-state index contributed by atoms with van der Waals surface area (Å²) in [6.07, 6.45) is 7.68. The SMILES string of the molecule is CCC(O)(CCNC(C)C(O)c1ccccc1)C1=CCCCC1. The molecule has 23 heavy (non-hydrogen) atoms. The van der Waals surface area contributed by atoms with Crippen LogP contribution >= 0.6 is 0 Å². The van der Waals surface area contributed by atoms with Gasteiger partial charge in [-0.3, -0.25) is 0 Å². The van der Waals surface area contributed by atoms with Gasteiger partial charge in [0.2, 0.25) is 0 Å². The molecule has 0 bridgehead atoms. The van der Waals surface area contributed by atoms with E-state index in [-0.39, 0.29) is 6.04 Å². The molecule has 3 N–H and O–H groups in total. The molecular weight excluding hydrogens is 286 g/mol. The molecule has 3 nitrogen and oxygen atoms in total. The summed E-state index contributed by atoms with van der Waals surface area (Å²) in [5.41, 5.74) is 1.45. The van der Waals surface area contributed by atoms with Crippen LogP contribution in [0.3, 0.4) is 0 Å². The predicted octanol–water partition coefficient (Wildman–Crippen LogP) is 3.73. The highest BCUT2D eigenvalue weighted by Gasteiger charge is 2.30. The summed E-state index contributed by atoms with van der Waals surface area (Å²) in [5.74, 6) is 0. The molecule has 3 unspecified atom stereocenters. The Morgan fingerprint density at radius 2 is 1.96 bits per heavy atom. The van der Waals surface area contributed by atoms with Gasteiger partial charge in [-0.05, 0) is 63.1 Å². The second kappa shape index (κ2) is 8.62. The van der Waals surface area contributed by atoms with Crippen LogP contribution in [-0.2, 0) is 0 Å². The average Bonchev–Trinajstić information content (AvgIpc) is 2.62. The van der Waals surface area contributed by atoms with Crippen molar-refractivity contribution in [3.63, 3.8) is 0 Å². The first kappa shape index (κ1) is 18.2. The summed E-state index contributed by atoms with van der Waals surface area (Å²) in [7, 11) is 0. The highest BCUT2D eigenvalue weighted by Crippen LogP contribution is 2.32. The number of aliphatic hydroxyl groups excluding tert-OH is 1.